The van der Waals surface area contributed by atoms with Gasteiger partial charge in [-0.2, -0.15) is 0 Å². The zero-order chi connectivity index (χ0) is 26.4. The Morgan fingerprint density at radius 3 is 2.28 bits per heavy atom. The summed E-state index contributed by atoms with van der Waals surface area (Å²) in [5.41, 5.74) is 3.00. The van der Waals surface area contributed by atoms with Gasteiger partial charge in [-0.1, -0.05) is 74.3 Å². The number of hydrogen-bond donors (Lipinski definition) is 1. The third-order valence-electron chi connectivity index (χ3n) is 6.43. The minimum atomic E-state index is -0.883. The summed E-state index contributed by atoms with van der Waals surface area (Å²) in [6, 6.07) is 16.8. The third kappa shape index (κ3) is 4.49. The Balaban J connectivity index is 2.03. The van der Waals surface area contributed by atoms with Crippen molar-refractivity contribution in [1.82, 2.24) is 0 Å². The average Bonchev–Trinajstić information content (AvgIpc) is 3.10. The van der Waals surface area contributed by atoms with Crippen LogP contribution in [0.15, 0.2) is 66.2 Å². The molecule has 1 fully saturated rings. The molecule has 7 heteroatoms. The van der Waals surface area contributed by atoms with Crippen LogP contribution < -0.4 is 9.64 Å². The number of hydrogen-bond acceptors (Lipinski definition) is 4. The average molecular weight is 524 g/mol. The first-order chi connectivity index (χ1) is 17.0. The molecule has 186 valence electrons. The lowest BCUT2D eigenvalue weighted by Crippen LogP contribution is -2.29. The monoisotopic (exact) mass is 523 g/mol. The molecule has 3 aromatic carbocycles. The molecule has 1 saturated heterocycles. The summed E-state index contributed by atoms with van der Waals surface area (Å²) >= 11 is 12.4. The number of aliphatic hydroxyl groups excluding tert-OH is 1. The summed E-state index contributed by atoms with van der Waals surface area (Å²) in [5.74, 6) is -1.47. The van der Waals surface area contributed by atoms with Crippen molar-refractivity contribution in [2.75, 3.05) is 12.0 Å². The molecule has 36 heavy (non-hydrogen) atoms. The van der Waals surface area contributed by atoms with Crippen LogP contribution in [-0.2, 0) is 15.0 Å². The first-order valence-corrected chi connectivity index (χ1v) is 12.2. The number of methoxy groups -OCH3 is 1. The molecule has 5 nitrogen and oxygen atoms in total. The van der Waals surface area contributed by atoms with Gasteiger partial charge in [-0.05, 0) is 59.4 Å². The highest BCUT2D eigenvalue weighted by Crippen LogP contribution is 2.45. The molecule has 1 heterocycles. The molecule has 1 atom stereocenters. The first-order valence-electron chi connectivity index (χ1n) is 11.5. The van der Waals surface area contributed by atoms with E-state index in [0.29, 0.717) is 27.6 Å². The van der Waals surface area contributed by atoms with Crippen LogP contribution in [0.25, 0.3) is 5.76 Å². The zero-order valence-electron chi connectivity index (χ0n) is 20.7. The molecule has 1 aliphatic rings. The lowest BCUT2D eigenvalue weighted by atomic mass is 9.85. The second-order valence-electron chi connectivity index (χ2n) is 9.79. The van der Waals surface area contributed by atoms with Crippen LogP contribution >= 0.6 is 23.2 Å². The Bertz CT molecular complexity index is 1400. The van der Waals surface area contributed by atoms with Crippen molar-refractivity contribution >= 4 is 46.3 Å². The van der Waals surface area contributed by atoms with Gasteiger partial charge in [0.2, 0.25) is 0 Å². The van der Waals surface area contributed by atoms with E-state index >= 15 is 0 Å². The van der Waals surface area contributed by atoms with E-state index < -0.39 is 17.7 Å². The fourth-order valence-corrected chi connectivity index (χ4v) is 4.72. The molecule has 1 unspecified atom stereocenters. The molecular weight excluding hydrogens is 497 g/mol. The van der Waals surface area contributed by atoms with Crippen molar-refractivity contribution in [3.8, 4) is 5.75 Å². The number of halogens is 2. The quantitative estimate of drug-likeness (QED) is 0.222. The number of anilines is 1. The van der Waals surface area contributed by atoms with Crippen LogP contribution in [0, 0.1) is 6.92 Å². The lowest BCUT2D eigenvalue weighted by Gasteiger charge is -2.27. The van der Waals surface area contributed by atoms with E-state index in [2.05, 4.69) is 20.8 Å². The number of Topliss-reactive ketones (excluding diaryl/α,β-unsaturated/α-hetero) is 1. The van der Waals surface area contributed by atoms with Gasteiger partial charge in [-0.15, -0.1) is 0 Å². The number of ether oxygens (including phenoxy) is 1. The molecule has 0 radical (unpaired) electrons. The van der Waals surface area contributed by atoms with E-state index in [0.717, 1.165) is 11.1 Å². The predicted octanol–water partition coefficient (Wildman–Crippen LogP) is 7.23. The fourth-order valence-electron chi connectivity index (χ4n) is 4.43. The molecule has 0 spiro atoms. The Kier molecular flexibility index (Phi) is 6.91. The Morgan fingerprint density at radius 1 is 0.972 bits per heavy atom. The highest BCUT2D eigenvalue weighted by molar-refractivity contribution is 6.52. The standard InChI is InChI=1S/C29H27Cl2NO4/c1-16-8-6-7-9-19(16)25-24(26(33)20-14-17(29(2,3)4)10-13-23(20)36-5)27(34)28(35)32(25)18-11-12-21(30)22(31)15-18/h6-15,25,33H,1-5H3/b26-24+. The van der Waals surface area contributed by atoms with E-state index in [1.54, 1.807) is 30.3 Å². The van der Waals surface area contributed by atoms with Gasteiger partial charge >= 0.3 is 0 Å². The molecule has 1 amide bonds. The number of aliphatic hydroxyl groups is 1. The van der Waals surface area contributed by atoms with E-state index in [4.69, 9.17) is 27.9 Å². The largest absolute Gasteiger partial charge is 0.507 e. The molecule has 0 bridgehead atoms. The van der Waals surface area contributed by atoms with Crippen molar-refractivity contribution in [2.24, 2.45) is 0 Å². The third-order valence-corrected chi connectivity index (χ3v) is 7.17. The van der Waals surface area contributed by atoms with E-state index in [1.165, 1.54) is 12.0 Å². The summed E-state index contributed by atoms with van der Waals surface area (Å²) in [4.78, 5) is 28.3. The number of amides is 1. The van der Waals surface area contributed by atoms with Crippen molar-refractivity contribution in [2.45, 2.75) is 39.2 Å². The number of aryl methyl sites for hydroxylation is 1. The SMILES string of the molecule is COc1ccc(C(C)(C)C)cc1/C(O)=C1\C(=O)C(=O)N(c2ccc(Cl)c(Cl)c2)C1c1ccccc1C. The number of benzene rings is 3. The van der Waals surface area contributed by atoms with Crippen LogP contribution in [0.4, 0.5) is 5.69 Å². The summed E-state index contributed by atoms with van der Waals surface area (Å²) < 4.78 is 5.52. The number of carbonyl (C=O) groups is 2. The predicted molar refractivity (Wildman–Crippen MR) is 144 cm³/mol. The maximum atomic E-state index is 13.5. The van der Waals surface area contributed by atoms with E-state index in [1.807, 2.05) is 37.3 Å². The van der Waals surface area contributed by atoms with Crippen LogP contribution in [0.5, 0.6) is 5.75 Å². The fraction of sp³-hybridized carbons (Fsp3) is 0.241. The van der Waals surface area contributed by atoms with Crippen molar-refractivity contribution in [1.29, 1.82) is 0 Å². The highest BCUT2D eigenvalue weighted by atomic mass is 35.5. The molecular formula is C29H27Cl2NO4. The second kappa shape index (κ2) is 9.64. The summed E-state index contributed by atoms with van der Waals surface area (Å²) in [7, 11) is 1.50. The van der Waals surface area contributed by atoms with Gasteiger partial charge in [0.05, 0.1) is 34.3 Å². The highest BCUT2D eigenvalue weighted by Gasteiger charge is 2.47. The van der Waals surface area contributed by atoms with E-state index in [-0.39, 0.29) is 21.8 Å². The van der Waals surface area contributed by atoms with Crippen molar-refractivity contribution < 1.29 is 19.4 Å². The topological polar surface area (TPSA) is 66.8 Å². The van der Waals surface area contributed by atoms with Crippen LogP contribution in [0.1, 0.15) is 49.1 Å². The van der Waals surface area contributed by atoms with Gasteiger partial charge in [0, 0.05) is 5.69 Å². The normalized spacial score (nSPS) is 17.5. The van der Waals surface area contributed by atoms with Gasteiger partial charge < -0.3 is 9.84 Å². The van der Waals surface area contributed by atoms with Gasteiger partial charge in [0.1, 0.15) is 11.5 Å². The minimum Gasteiger partial charge on any atom is -0.507 e. The van der Waals surface area contributed by atoms with Crippen LogP contribution in [-0.4, -0.2) is 23.9 Å². The van der Waals surface area contributed by atoms with Gasteiger partial charge in [0.25, 0.3) is 11.7 Å². The van der Waals surface area contributed by atoms with Crippen LogP contribution in [0.3, 0.4) is 0 Å². The Labute approximate surface area is 220 Å². The van der Waals surface area contributed by atoms with Gasteiger partial charge in [0.15, 0.2) is 0 Å². The van der Waals surface area contributed by atoms with Gasteiger partial charge in [-0.25, -0.2) is 0 Å². The Hall–Kier alpha value is -3.28. The minimum absolute atomic E-state index is 0.0234. The summed E-state index contributed by atoms with van der Waals surface area (Å²) in [5, 5.41) is 12.2. The van der Waals surface area contributed by atoms with Crippen molar-refractivity contribution in [3.63, 3.8) is 0 Å². The number of ketones is 1. The molecule has 0 aromatic heterocycles. The number of carbonyl (C=O) groups excluding carboxylic acids is 2. The number of nitrogens with zero attached hydrogens (tertiary/aromatic N) is 1. The summed E-state index contributed by atoms with van der Waals surface area (Å²) in [6.07, 6.45) is 0. The van der Waals surface area contributed by atoms with E-state index in [9.17, 15) is 14.7 Å². The molecule has 3 aromatic rings. The second-order valence-corrected chi connectivity index (χ2v) is 10.6. The summed E-state index contributed by atoms with van der Waals surface area (Å²) in [6.45, 7) is 8.05. The molecule has 0 aliphatic carbocycles. The maximum Gasteiger partial charge on any atom is 0.300 e. The molecule has 1 aliphatic heterocycles. The molecule has 0 saturated carbocycles. The first kappa shape index (κ1) is 25.8. The van der Waals surface area contributed by atoms with Crippen molar-refractivity contribution in [3.05, 3.63) is 98.5 Å². The molecule has 4 rings (SSSR count). The van der Waals surface area contributed by atoms with Gasteiger partial charge in [-0.3, -0.25) is 14.5 Å². The lowest BCUT2D eigenvalue weighted by molar-refractivity contribution is -0.132. The smallest absolute Gasteiger partial charge is 0.300 e. The van der Waals surface area contributed by atoms with Crippen LogP contribution in [0.2, 0.25) is 10.0 Å². The zero-order valence-corrected chi connectivity index (χ0v) is 22.2. The molecule has 1 N–H and O–H groups in total. The maximum absolute atomic E-state index is 13.5. The Morgan fingerprint density at radius 2 is 1.67 bits per heavy atom. The number of rotatable bonds is 4.